The fourth-order valence-corrected chi connectivity index (χ4v) is 1.84. The van der Waals surface area contributed by atoms with Crippen LogP contribution in [0, 0.1) is 0 Å². The molecule has 2 atom stereocenters. The summed E-state index contributed by atoms with van der Waals surface area (Å²) >= 11 is 5.65. The van der Waals surface area contributed by atoms with Crippen molar-refractivity contribution < 1.29 is 4.74 Å². The second kappa shape index (κ2) is 4.88. The molecule has 0 bridgehead atoms. The lowest BCUT2D eigenvalue weighted by atomic mass is 10.0. The van der Waals surface area contributed by atoms with Crippen LogP contribution in [-0.2, 0) is 11.2 Å². The summed E-state index contributed by atoms with van der Waals surface area (Å²) in [6.07, 6.45) is 2.77. The lowest BCUT2D eigenvalue weighted by Crippen LogP contribution is -2.35. The average Bonchev–Trinajstić information content (AvgIpc) is 2.22. The molecule has 0 spiro atoms. The second-order valence-corrected chi connectivity index (χ2v) is 4.22. The van der Waals surface area contributed by atoms with Crippen LogP contribution in [0.1, 0.15) is 18.5 Å². The molecule has 0 amide bonds. The van der Waals surface area contributed by atoms with Gasteiger partial charge in [0.05, 0.1) is 11.8 Å². The van der Waals surface area contributed by atoms with Crippen molar-refractivity contribution in [3.8, 4) is 0 Å². The molecule has 5 heteroatoms. The van der Waals surface area contributed by atoms with Crippen molar-refractivity contribution in [1.29, 1.82) is 0 Å². The van der Waals surface area contributed by atoms with Gasteiger partial charge in [-0.2, -0.15) is 5.10 Å². The Bertz CT molecular complexity index is 317. The van der Waals surface area contributed by atoms with Crippen molar-refractivity contribution in [3.63, 3.8) is 0 Å². The third-order valence-electron chi connectivity index (χ3n) is 2.53. The van der Waals surface area contributed by atoms with Gasteiger partial charge in [-0.1, -0.05) is 11.6 Å². The highest BCUT2D eigenvalue weighted by atomic mass is 35.5. The van der Waals surface area contributed by atoms with Crippen LogP contribution in [0.5, 0.6) is 0 Å². The molecule has 1 aliphatic rings. The lowest BCUT2D eigenvalue weighted by Gasteiger charge is -2.26. The van der Waals surface area contributed by atoms with E-state index in [1.54, 1.807) is 6.07 Å². The van der Waals surface area contributed by atoms with E-state index in [1.807, 2.05) is 6.07 Å². The molecule has 4 nitrogen and oxygen atoms in total. The monoisotopic (exact) mass is 227 g/mol. The summed E-state index contributed by atoms with van der Waals surface area (Å²) in [6.45, 7) is 0.743. The number of hydrogen-bond donors (Lipinski definition) is 1. The molecule has 0 radical (unpaired) electrons. The molecule has 2 N–H and O–H groups in total. The Labute approximate surface area is 93.8 Å². The van der Waals surface area contributed by atoms with Crippen LogP contribution in [0.15, 0.2) is 12.1 Å². The van der Waals surface area contributed by atoms with E-state index in [4.69, 9.17) is 22.1 Å². The molecule has 1 aromatic heterocycles. The largest absolute Gasteiger partial charge is 0.378 e. The summed E-state index contributed by atoms with van der Waals surface area (Å²) in [6, 6.07) is 3.87. The Hall–Kier alpha value is -0.710. The van der Waals surface area contributed by atoms with Crippen LogP contribution < -0.4 is 5.73 Å². The highest BCUT2D eigenvalue weighted by Crippen LogP contribution is 2.16. The molecule has 2 unspecified atom stereocenters. The molecule has 0 aliphatic carbocycles. The first-order valence-corrected chi connectivity index (χ1v) is 5.47. The van der Waals surface area contributed by atoms with E-state index in [2.05, 4.69) is 10.2 Å². The van der Waals surface area contributed by atoms with Gasteiger partial charge in [0.2, 0.25) is 0 Å². The molecule has 2 rings (SSSR count). The van der Waals surface area contributed by atoms with Gasteiger partial charge in [-0.3, -0.25) is 0 Å². The highest BCUT2D eigenvalue weighted by Gasteiger charge is 2.20. The van der Waals surface area contributed by atoms with E-state index >= 15 is 0 Å². The minimum absolute atomic E-state index is 0.171. The number of aromatic nitrogens is 2. The topological polar surface area (TPSA) is 61.0 Å². The Kier molecular flexibility index (Phi) is 3.51. The number of rotatable bonds is 2. The highest BCUT2D eigenvalue weighted by molar-refractivity contribution is 6.29. The Morgan fingerprint density at radius 2 is 2.33 bits per heavy atom. The molecule has 82 valence electrons. The summed E-state index contributed by atoms with van der Waals surface area (Å²) in [5.74, 6) is 0. The third-order valence-corrected chi connectivity index (χ3v) is 2.73. The lowest BCUT2D eigenvalue weighted by molar-refractivity contribution is 0.00803. The van der Waals surface area contributed by atoms with Crippen LogP contribution in [0.4, 0.5) is 0 Å². The SMILES string of the molecule is NC1CCOC(Cc2ccc(Cl)nn2)C1. The minimum Gasteiger partial charge on any atom is -0.378 e. The summed E-state index contributed by atoms with van der Waals surface area (Å²) in [5.41, 5.74) is 6.77. The summed E-state index contributed by atoms with van der Waals surface area (Å²) < 4.78 is 5.60. The summed E-state index contributed by atoms with van der Waals surface area (Å²) in [4.78, 5) is 0. The fourth-order valence-electron chi connectivity index (χ4n) is 1.74. The molecule has 0 saturated carbocycles. The van der Waals surface area contributed by atoms with Crippen molar-refractivity contribution in [3.05, 3.63) is 23.0 Å². The Balaban J connectivity index is 1.93. The zero-order chi connectivity index (χ0) is 10.7. The van der Waals surface area contributed by atoms with Crippen molar-refractivity contribution in [2.24, 2.45) is 5.73 Å². The van der Waals surface area contributed by atoms with Crippen LogP contribution in [-0.4, -0.2) is 29.0 Å². The van der Waals surface area contributed by atoms with Crippen LogP contribution in [0.3, 0.4) is 0 Å². The normalized spacial score (nSPS) is 26.5. The fraction of sp³-hybridized carbons (Fsp3) is 0.600. The molecule has 1 fully saturated rings. The van der Waals surface area contributed by atoms with E-state index < -0.39 is 0 Å². The third kappa shape index (κ3) is 3.12. The quantitative estimate of drug-likeness (QED) is 0.824. The van der Waals surface area contributed by atoms with E-state index in [0.29, 0.717) is 5.15 Å². The van der Waals surface area contributed by atoms with E-state index in [0.717, 1.165) is 31.6 Å². The van der Waals surface area contributed by atoms with E-state index in [9.17, 15) is 0 Å². The van der Waals surface area contributed by atoms with Crippen molar-refractivity contribution in [2.75, 3.05) is 6.61 Å². The average molecular weight is 228 g/mol. The molecule has 1 saturated heterocycles. The van der Waals surface area contributed by atoms with Crippen LogP contribution >= 0.6 is 11.6 Å². The van der Waals surface area contributed by atoms with Gasteiger partial charge in [-0.15, -0.1) is 5.10 Å². The smallest absolute Gasteiger partial charge is 0.151 e. The maximum Gasteiger partial charge on any atom is 0.151 e. The van der Waals surface area contributed by atoms with Gasteiger partial charge in [0.25, 0.3) is 0 Å². The first-order chi connectivity index (χ1) is 7.24. The molecular formula is C10H14ClN3O. The van der Waals surface area contributed by atoms with Gasteiger partial charge in [0, 0.05) is 19.1 Å². The molecule has 1 aliphatic heterocycles. The molecule has 15 heavy (non-hydrogen) atoms. The van der Waals surface area contributed by atoms with Gasteiger partial charge >= 0.3 is 0 Å². The summed E-state index contributed by atoms with van der Waals surface area (Å²) in [5, 5.41) is 8.20. The second-order valence-electron chi connectivity index (χ2n) is 3.83. The Morgan fingerprint density at radius 1 is 1.47 bits per heavy atom. The van der Waals surface area contributed by atoms with Gasteiger partial charge < -0.3 is 10.5 Å². The van der Waals surface area contributed by atoms with Crippen LogP contribution in [0.25, 0.3) is 0 Å². The van der Waals surface area contributed by atoms with Gasteiger partial charge in [0.1, 0.15) is 0 Å². The van der Waals surface area contributed by atoms with E-state index in [-0.39, 0.29) is 12.1 Å². The number of ether oxygens (including phenoxy) is 1. The van der Waals surface area contributed by atoms with Gasteiger partial charge in [-0.25, -0.2) is 0 Å². The zero-order valence-electron chi connectivity index (χ0n) is 8.40. The number of hydrogen-bond acceptors (Lipinski definition) is 4. The predicted molar refractivity (Wildman–Crippen MR) is 57.7 cm³/mol. The van der Waals surface area contributed by atoms with E-state index in [1.165, 1.54) is 0 Å². The maximum absolute atomic E-state index is 5.87. The van der Waals surface area contributed by atoms with Crippen molar-refractivity contribution in [1.82, 2.24) is 10.2 Å². The first kappa shape index (κ1) is 10.8. The number of nitrogens with two attached hydrogens (primary N) is 1. The Morgan fingerprint density at radius 3 is 3.00 bits per heavy atom. The molecular weight excluding hydrogens is 214 g/mol. The molecule has 0 aromatic carbocycles. The van der Waals surface area contributed by atoms with Gasteiger partial charge in [-0.05, 0) is 25.0 Å². The first-order valence-electron chi connectivity index (χ1n) is 5.09. The molecule has 1 aromatic rings. The van der Waals surface area contributed by atoms with Crippen molar-refractivity contribution in [2.45, 2.75) is 31.4 Å². The maximum atomic E-state index is 5.87. The van der Waals surface area contributed by atoms with Gasteiger partial charge in [0.15, 0.2) is 5.15 Å². The predicted octanol–water partition coefficient (Wildman–Crippen LogP) is 1.18. The summed E-state index contributed by atoms with van der Waals surface area (Å²) in [7, 11) is 0. The number of halogens is 1. The molecule has 2 heterocycles. The standard InChI is InChI=1S/C10H14ClN3O/c11-10-2-1-8(13-14-10)6-9-5-7(12)3-4-15-9/h1-2,7,9H,3-6,12H2. The van der Waals surface area contributed by atoms with Crippen LogP contribution in [0.2, 0.25) is 5.15 Å². The van der Waals surface area contributed by atoms with Crippen molar-refractivity contribution >= 4 is 11.6 Å². The minimum atomic E-state index is 0.171. The zero-order valence-corrected chi connectivity index (χ0v) is 9.15. The number of nitrogens with zero attached hydrogens (tertiary/aromatic N) is 2.